The van der Waals surface area contributed by atoms with Crippen molar-refractivity contribution < 1.29 is 23.9 Å². The van der Waals surface area contributed by atoms with E-state index >= 15 is 0 Å². The number of nitrogens with zero attached hydrogens (tertiary/aromatic N) is 1. The Morgan fingerprint density at radius 3 is 1.86 bits per heavy atom. The minimum atomic E-state index is -1.14. The van der Waals surface area contributed by atoms with Crippen LogP contribution in [0.4, 0.5) is 4.79 Å². The van der Waals surface area contributed by atoms with Gasteiger partial charge in [0.1, 0.15) is 19.3 Å². The van der Waals surface area contributed by atoms with E-state index < -0.39 is 24.0 Å². The second-order valence-electron chi connectivity index (χ2n) is 6.34. The van der Waals surface area contributed by atoms with Gasteiger partial charge in [0, 0.05) is 14.1 Å². The molecule has 0 aromatic heterocycles. The molecule has 1 atom stereocenters. The van der Waals surface area contributed by atoms with E-state index in [1.165, 1.54) is 19.0 Å². The quantitative estimate of drug-likeness (QED) is 0.707. The highest BCUT2D eigenvalue weighted by Gasteiger charge is 2.27. The van der Waals surface area contributed by atoms with Gasteiger partial charge in [-0.25, -0.2) is 9.59 Å². The monoisotopic (exact) mass is 384 g/mol. The highest BCUT2D eigenvalue weighted by atomic mass is 16.5. The van der Waals surface area contributed by atoms with Crippen molar-refractivity contribution in [2.24, 2.45) is 0 Å². The maximum atomic E-state index is 12.4. The van der Waals surface area contributed by atoms with Crippen LogP contribution < -0.4 is 5.32 Å². The Labute approximate surface area is 164 Å². The van der Waals surface area contributed by atoms with Crippen molar-refractivity contribution >= 4 is 18.0 Å². The van der Waals surface area contributed by atoms with Gasteiger partial charge in [0.05, 0.1) is 6.42 Å². The molecule has 0 fully saturated rings. The lowest BCUT2D eigenvalue weighted by molar-refractivity contribution is -0.153. The largest absolute Gasteiger partial charge is 0.461 e. The molecule has 2 amide bonds. The Hall–Kier alpha value is -3.35. The summed E-state index contributed by atoms with van der Waals surface area (Å²) in [7, 11) is 3.07. The normalized spacial score (nSPS) is 11.2. The van der Waals surface area contributed by atoms with Crippen molar-refractivity contribution in [2.45, 2.75) is 25.7 Å². The molecule has 0 bridgehead atoms. The summed E-state index contributed by atoms with van der Waals surface area (Å²) in [5.41, 5.74) is 1.64. The van der Waals surface area contributed by atoms with E-state index in [0.29, 0.717) is 0 Å². The number of hydrogen-bond acceptors (Lipinski definition) is 5. The molecule has 0 unspecified atom stereocenters. The van der Waals surface area contributed by atoms with Gasteiger partial charge in [-0.2, -0.15) is 0 Å². The number of carbonyl (C=O) groups is 3. The van der Waals surface area contributed by atoms with E-state index in [1.54, 1.807) is 0 Å². The second-order valence-corrected chi connectivity index (χ2v) is 6.34. The summed E-state index contributed by atoms with van der Waals surface area (Å²) in [5, 5.41) is 2.49. The Morgan fingerprint density at radius 1 is 0.857 bits per heavy atom. The number of benzene rings is 2. The van der Waals surface area contributed by atoms with Gasteiger partial charge in [0.25, 0.3) is 0 Å². The predicted molar refractivity (Wildman–Crippen MR) is 103 cm³/mol. The van der Waals surface area contributed by atoms with Crippen LogP contribution in [-0.4, -0.2) is 43.0 Å². The van der Waals surface area contributed by atoms with E-state index in [2.05, 4.69) is 5.32 Å². The van der Waals surface area contributed by atoms with Crippen LogP contribution in [0, 0.1) is 0 Å². The highest BCUT2D eigenvalue weighted by molar-refractivity contribution is 5.87. The number of esters is 2. The first kappa shape index (κ1) is 21.0. The first-order valence-corrected chi connectivity index (χ1v) is 8.83. The minimum Gasteiger partial charge on any atom is -0.461 e. The molecule has 0 saturated heterocycles. The van der Waals surface area contributed by atoms with Crippen LogP contribution in [0.5, 0.6) is 0 Å². The van der Waals surface area contributed by atoms with Crippen molar-refractivity contribution in [1.29, 1.82) is 0 Å². The molecule has 148 valence electrons. The lowest BCUT2D eigenvalue weighted by atomic mass is 10.2. The highest BCUT2D eigenvalue weighted by Crippen LogP contribution is 2.07. The molecule has 0 saturated carbocycles. The summed E-state index contributed by atoms with van der Waals surface area (Å²) < 4.78 is 10.5. The molecule has 2 rings (SSSR count). The summed E-state index contributed by atoms with van der Waals surface area (Å²) >= 11 is 0. The van der Waals surface area contributed by atoms with Gasteiger partial charge in [0.15, 0.2) is 0 Å². The molecule has 2 aromatic carbocycles. The molecule has 0 heterocycles. The number of nitrogens with one attached hydrogen (secondary N) is 1. The molecule has 28 heavy (non-hydrogen) atoms. The Morgan fingerprint density at radius 2 is 1.36 bits per heavy atom. The molecule has 1 N–H and O–H groups in total. The zero-order valence-corrected chi connectivity index (χ0v) is 16.0. The van der Waals surface area contributed by atoms with Crippen molar-refractivity contribution in [3.63, 3.8) is 0 Å². The predicted octanol–water partition coefficient (Wildman–Crippen LogP) is 2.50. The van der Waals surface area contributed by atoms with Crippen LogP contribution in [0.2, 0.25) is 0 Å². The number of urea groups is 1. The SMILES string of the molecule is CN(C)C(=O)N[C@@H](CC(=O)OCc1ccccc1)C(=O)OCc1ccccc1. The molecule has 0 radical (unpaired) electrons. The van der Waals surface area contributed by atoms with Gasteiger partial charge in [-0.05, 0) is 11.1 Å². The molecular formula is C21H24N2O5. The maximum absolute atomic E-state index is 12.4. The van der Waals surface area contributed by atoms with Crippen LogP contribution in [-0.2, 0) is 32.3 Å². The molecular weight excluding hydrogens is 360 g/mol. The minimum absolute atomic E-state index is 0.0487. The fourth-order valence-corrected chi connectivity index (χ4v) is 2.26. The zero-order valence-electron chi connectivity index (χ0n) is 16.0. The number of hydrogen-bond donors (Lipinski definition) is 1. The smallest absolute Gasteiger partial charge is 0.329 e. The first-order chi connectivity index (χ1) is 13.5. The average molecular weight is 384 g/mol. The van der Waals surface area contributed by atoms with Crippen LogP contribution in [0.25, 0.3) is 0 Å². The van der Waals surface area contributed by atoms with Crippen LogP contribution in [0.1, 0.15) is 17.5 Å². The van der Waals surface area contributed by atoms with E-state index in [1.807, 2.05) is 60.7 Å². The van der Waals surface area contributed by atoms with E-state index in [9.17, 15) is 14.4 Å². The van der Waals surface area contributed by atoms with Crippen LogP contribution >= 0.6 is 0 Å². The molecule has 2 aromatic rings. The van der Waals surface area contributed by atoms with Crippen LogP contribution in [0.15, 0.2) is 60.7 Å². The zero-order chi connectivity index (χ0) is 20.4. The fraction of sp³-hybridized carbons (Fsp3) is 0.286. The van der Waals surface area contributed by atoms with E-state index in [4.69, 9.17) is 9.47 Å². The van der Waals surface area contributed by atoms with Gasteiger partial charge in [-0.15, -0.1) is 0 Å². The first-order valence-electron chi connectivity index (χ1n) is 8.83. The van der Waals surface area contributed by atoms with Crippen molar-refractivity contribution in [2.75, 3.05) is 14.1 Å². The third kappa shape index (κ3) is 7.11. The van der Waals surface area contributed by atoms with Crippen molar-refractivity contribution in [1.82, 2.24) is 10.2 Å². The molecule has 0 aliphatic carbocycles. The van der Waals surface area contributed by atoms with Gasteiger partial charge in [-0.3, -0.25) is 4.79 Å². The number of carbonyl (C=O) groups excluding carboxylic acids is 3. The lowest BCUT2D eigenvalue weighted by Crippen LogP contribution is -2.47. The molecule has 0 aliphatic rings. The summed E-state index contributed by atoms with van der Waals surface area (Å²) in [4.78, 5) is 37.8. The van der Waals surface area contributed by atoms with Gasteiger partial charge < -0.3 is 19.7 Å². The van der Waals surface area contributed by atoms with E-state index in [0.717, 1.165) is 11.1 Å². The molecule has 0 spiro atoms. The Kier molecular flexibility index (Phi) is 8.02. The Bertz CT molecular complexity index is 778. The third-order valence-electron chi connectivity index (χ3n) is 3.83. The molecule has 0 aliphatic heterocycles. The van der Waals surface area contributed by atoms with Crippen molar-refractivity contribution in [3.05, 3.63) is 71.8 Å². The van der Waals surface area contributed by atoms with Gasteiger partial charge >= 0.3 is 18.0 Å². The summed E-state index contributed by atoms with van der Waals surface area (Å²) in [6.45, 7) is 0.139. The molecule has 7 nitrogen and oxygen atoms in total. The third-order valence-corrected chi connectivity index (χ3v) is 3.83. The number of ether oxygens (including phenoxy) is 2. The van der Waals surface area contributed by atoms with E-state index in [-0.39, 0.29) is 19.6 Å². The summed E-state index contributed by atoms with van der Waals surface area (Å²) in [6.07, 6.45) is -0.319. The van der Waals surface area contributed by atoms with Gasteiger partial charge in [0.2, 0.25) is 0 Å². The van der Waals surface area contributed by atoms with Crippen molar-refractivity contribution in [3.8, 4) is 0 Å². The maximum Gasteiger partial charge on any atom is 0.329 e. The standard InChI is InChI=1S/C21H24N2O5/c1-23(2)21(26)22-18(20(25)28-15-17-11-7-4-8-12-17)13-19(24)27-14-16-9-5-3-6-10-16/h3-12,18H,13-15H2,1-2H3,(H,22,26)/t18-/m0/s1. The fourth-order valence-electron chi connectivity index (χ4n) is 2.26. The Balaban J connectivity index is 1.94. The topological polar surface area (TPSA) is 84.9 Å². The lowest BCUT2D eigenvalue weighted by Gasteiger charge is -2.20. The van der Waals surface area contributed by atoms with Gasteiger partial charge in [-0.1, -0.05) is 60.7 Å². The summed E-state index contributed by atoms with van der Waals surface area (Å²) in [5.74, 6) is -1.31. The number of rotatable bonds is 8. The van der Waals surface area contributed by atoms with Crippen LogP contribution in [0.3, 0.4) is 0 Å². The summed E-state index contributed by atoms with van der Waals surface area (Å²) in [6, 6.07) is 16.7. The molecule has 7 heteroatoms. The number of amides is 2. The average Bonchev–Trinajstić information content (AvgIpc) is 2.71. The second kappa shape index (κ2) is 10.7.